The van der Waals surface area contributed by atoms with Crippen molar-refractivity contribution in [3.05, 3.63) is 35.9 Å². The van der Waals surface area contributed by atoms with Gasteiger partial charge in [-0.3, -0.25) is 4.79 Å². The van der Waals surface area contributed by atoms with Gasteiger partial charge in [0.05, 0.1) is 0 Å². The van der Waals surface area contributed by atoms with Crippen molar-refractivity contribution in [2.45, 2.75) is 45.2 Å². The van der Waals surface area contributed by atoms with E-state index in [2.05, 4.69) is 13.8 Å². The van der Waals surface area contributed by atoms with Crippen molar-refractivity contribution in [2.24, 2.45) is 11.7 Å². The highest BCUT2D eigenvalue weighted by Crippen LogP contribution is 2.25. The summed E-state index contributed by atoms with van der Waals surface area (Å²) < 4.78 is 0. The van der Waals surface area contributed by atoms with Crippen LogP contribution in [0.2, 0.25) is 0 Å². The van der Waals surface area contributed by atoms with Gasteiger partial charge in [0.2, 0.25) is 5.91 Å². The molecule has 1 amide bonds. The number of nitrogens with zero attached hydrogens (tertiary/aromatic N) is 1. The topological polar surface area (TPSA) is 46.3 Å². The van der Waals surface area contributed by atoms with Crippen molar-refractivity contribution in [1.82, 2.24) is 4.90 Å². The van der Waals surface area contributed by atoms with Crippen LogP contribution < -0.4 is 5.73 Å². The molecule has 19 heavy (non-hydrogen) atoms. The maximum absolute atomic E-state index is 12.2. The summed E-state index contributed by atoms with van der Waals surface area (Å²) in [4.78, 5) is 14.2. The maximum Gasteiger partial charge on any atom is 0.222 e. The Morgan fingerprint density at radius 1 is 1.37 bits per heavy atom. The molecule has 0 unspecified atom stereocenters. The third-order valence-electron chi connectivity index (χ3n) is 4.36. The van der Waals surface area contributed by atoms with Gasteiger partial charge in [-0.2, -0.15) is 0 Å². The Kier molecular flexibility index (Phi) is 4.59. The zero-order chi connectivity index (χ0) is 13.8. The van der Waals surface area contributed by atoms with E-state index in [4.69, 9.17) is 5.73 Å². The molecule has 0 bridgehead atoms. The predicted molar refractivity (Wildman–Crippen MR) is 77.6 cm³/mol. The molecule has 0 aliphatic carbocycles. The van der Waals surface area contributed by atoms with E-state index in [-0.39, 0.29) is 11.9 Å². The molecule has 0 radical (unpaired) electrons. The molecule has 104 valence electrons. The monoisotopic (exact) mass is 260 g/mol. The molecule has 3 heteroatoms. The first kappa shape index (κ1) is 14.1. The second-order valence-electron chi connectivity index (χ2n) is 5.65. The average Bonchev–Trinajstić information content (AvgIpc) is 2.77. The Morgan fingerprint density at radius 3 is 2.63 bits per heavy atom. The number of carbonyl (C=O) groups excluding carboxylic acids is 1. The van der Waals surface area contributed by atoms with Gasteiger partial charge in [0.1, 0.15) is 0 Å². The first-order valence-electron chi connectivity index (χ1n) is 7.19. The molecule has 1 aromatic carbocycles. The van der Waals surface area contributed by atoms with Gasteiger partial charge in [0, 0.05) is 25.0 Å². The van der Waals surface area contributed by atoms with Crippen LogP contribution in [0.15, 0.2) is 30.3 Å². The summed E-state index contributed by atoms with van der Waals surface area (Å²) in [5, 5.41) is 0. The molecule has 0 spiro atoms. The molecular weight excluding hydrogens is 236 g/mol. The predicted octanol–water partition coefficient (Wildman–Crippen LogP) is 2.72. The molecule has 1 aliphatic heterocycles. The van der Waals surface area contributed by atoms with Crippen LogP contribution in [0.1, 0.15) is 44.7 Å². The van der Waals surface area contributed by atoms with Crippen molar-refractivity contribution in [2.75, 3.05) is 6.54 Å². The summed E-state index contributed by atoms with van der Waals surface area (Å²) >= 11 is 0. The number of amides is 1. The lowest BCUT2D eigenvalue weighted by molar-refractivity contribution is -0.132. The van der Waals surface area contributed by atoms with Crippen LogP contribution in [0.4, 0.5) is 0 Å². The van der Waals surface area contributed by atoms with Gasteiger partial charge in [-0.25, -0.2) is 0 Å². The van der Waals surface area contributed by atoms with E-state index < -0.39 is 0 Å². The lowest BCUT2D eigenvalue weighted by Gasteiger charge is -2.24. The van der Waals surface area contributed by atoms with E-state index in [1.165, 1.54) is 0 Å². The number of hydrogen-bond acceptors (Lipinski definition) is 2. The third-order valence-corrected chi connectivity index (χ3v) is 4.36. The number of carbonyl (C=O) groups is 1. The van der Waals surface area contributed by atoms with E-state index in [0.29, 0.717) is 18.4 Å². The molecule has 1 fully saturated rings. The van der Waals surface area contributed by atoms with Crippen LogP contribution in [-0.4, -0.2) is 23.4 Å². The fourth-order valence-electron chi connectivity index (χ4n) is 2.74. The zero-order valence-electron chi connectivity index (χ0n) is 11.9. The van der Waals surface area contributed by atoms with Crippen molar-refractivity contribution in [3.8, 4) is 0 Å². The lowest BCUT2D eigenvalue weighted by atomic mass is 10.0. The van der Waals surface area contributed by atoms with Crippen molar-refractivity contribution in [3.63, 3.8) is 0 Å². The quantitative estimate of drug-likeness (QED) is 0.904. The molecule has 0 saturated carbocycles. The minimum Gasteiger partial charge on any atom is -0.340 e. The number of hydrogen-bond donors (Lipinski definition) is 1. The van der Waals surface area contributed by atoms with Gasteiger partial charge in [-0.1, -0.05) is 37.3 Å². The van der Waals surface area contributed by atoms with Crippen LogP contribution >= 0.6 is 0 Å². The summed E-state index contributed by atoms with van der Waals surface area (Å²) in [6.07, 6.45) is 2.39. The maximum atomic E-state index is 12.2. The van der Waals surface area contributed by atoms with Crippen LogP contribution in [0.3, 0.4) is 0 Å². The third kappa shape index (κ3) is 3.35. The molecule has 0 aromatic heterocycles. The van der Waals surface area contributed by atoms with Crippen LogP contribution in [0.25, 0.3) is 0 Å². The van der Waals surface area contributed by atoms with Gasteiger partial charge >= 0.3 is 0 Å². The fraction of sp³-hybridized carbons (Fsp3) is 0.562. The number of nitrogens with two attached hydrogens (primary N) is 1. The molecule has 2 N–H and O–H groups in total. The summed E-state index contributed by atoms with van der Waals surface area (Å²) in [7, 11) is 0. The summed E-state index contributed by atoms with van der Waals surface area (Å²) in [6.45, 7) is 5.27. The molecule has 1 aromatic rings. The summed E-state index contributed by atoms with van der Waals surface area (Å²) in [5.41, 5.74) is 7.24. The Morgan fingerprint density at radius 2 is 2.05 bits per heavy atom. The van der Waals surface area contributed by atoms with E-state index >= 15 is 0 Å². The highest BCUT2D eigenvalue weighted by atomic mass is 16.2. The summed E-state index contributed by atoms with van der Waals surface area (Å²) in [6, 6.07) is 10.3. The Hall–Kier alpha value is -1.35. The van der Waals surface area contributed by atoms with E-state index in [0.717, 1.165) is 24.9 Å². The van der Waals surface area contributed by atoms with Crippen molar-refractivity contribution in [1.29, 1.82) is 0 Å². The molecule has 3 nitrogen and oxygen atoms in total. The fourth-order valence-corrected chi connectivity index (χ4v) is 2.74. The summed E-state index contributed by atoms with van der Waals surface area (Å²) in [5.74, 6) is 0.870. The minimum absolute atomic E-state index is 0.0412. The van der Waals surface area contributed by atoms with Gasteiger partial charge in [0.15, 0.2) is 0 Å². The van der Waals surface area contributed by atoms with E-state index in [9.17, 15) is 4.79 Å². The molecule has 1 heterocycles. The Bertz CT molecular complexity index is 418. The molecule has 1 aliphatic rings. The first-order valence-corrected chi connectivity index (χ1v) is 7.19. The van der Waals surface area contributed by atoms with Gasteiger partial charge in [-0.15, -0.1) is 0 Å². The van der Waals surface area contributed by atoms with Crippen molar-refractivity contribution < 1.29 is 4.79 Å². The molecular formula is C16H24N2O. The second-order valence-corrected chi connectivity index (χ2v) is 5.65. The standard InChI is InChI=1S/C16H24N2O/c1-12-10-11-18(13(12)2)16(19)9-8-15(17)14-6-4-3-5-7-14/h3-7,12-13,15H,8-11,17H2,1-2H3/t12-,13-,15-/m1/s1. The van der Waals surface area contributed by atoms with Gasteiger partial charge in [0.25, 0.3) is 0 Å². The zero-order valence-corrected chi connectivity index (χ0v) is 11.9. The second kappa shape index (κ2) is 6.20. The first-order chi connectivity index (χ1) is 9.09. The normalized spacial score (nSPS) is 24.5. The van der Waals surface area contributed by atoms with E-state index in [1.54, 1.807) is 0 Å². The van der Waals surface area contributed by atoms with Gasteiger partial charge in [-0.05, 0) is 31.2 Å². The van der Waals surface area contributed by atoms with Crippen LogP contribution in [0, 0.1) is 5.92 Å². The highest BCUT2D eigenvalue weighted by Gasteiger charge is 2.30. The van der Waals surface area contributed by atoms with E-state index in [1.807, 2.05) is 35.2 Å². The largest absolute Gasteiger partial charge is 0.340 e. The average molecular weight is 260 g/mol. The van der Waals surface area contributed by atoms with Gasteiger partial charge < -0.3 is 10.6 Å². The number of benzene rings is 1. The lowest BCUT2D eigenvalue weighted by Crippen LogP contribution is -2.35. The highest BCUT2D eigenvalue weighted by molar-refractivity contribution is 5.76. The van der Waals surface area contributed by atoms with Crippen molar-refractivity contribution >= 4 is 5.91 Å². The number of rotatable bonds is 4. The molecule has 2 rings (SSSR count). The van der Waals surface area contributed by atoms with Crippen LogP contribution in [-0.2, 0) is 4.79 Å². The smallest absolute Gasteiger partial charge is 0.222 e. The van der Waals surface area contributed by atoms with Crippen LogP contribution in [0.5, 0.6) is 0 Å². The SMILES string of the molecule is C[C@@H]1CCN(C(=O)CC[C@@H](N)c2ccccc2)[C@@H]1C. The minimum atomic E-state index is -0.0412. The number of likely N-dealkylation sites (tertiary alicyclic amines) is 1. The molecule has 1 saturated heterocycles. The molecule has 3 atom stereocenters. The Balaban J connectivity index is 1.84. The Labute approximate surface area is 115 Å².